The van der Waals surface area contributed by atoms with E-state index in [0.717, 1.165) is 17.4 Å². The van der Waals surface area contributed by atoms with Crippen molar-refractivity contribution < 1.29 is 13.5 Å². The van der Waals surface area contributed by atoms with Gasteiger partial charge in [-0.1, -0.05) is 12.1 Å². The van der Waals surface area contributed by atoms with Gasteiger partial charge in [-0.25, -0.2) is 8.78 Å². The van der Waals surface area contributed by atoms with Crippen molar-refractivity contribution >= 4 is 21.6 Å². The summed E-state index contributed by atoms with van der Waals surface area (Å²) in [5.41, 5.74) is 1.23. The minimum absolute atomic E-state index is 0.118. The van der Waals surface area contributed by atoms with Crippen molar-refractivity contribution in [3.63, 3.8) is 0 Å². The fourth-order valence-corrected chi connectivity index (χ4v) is 2.19. The van der Waals surface area contributed by atoms with E-state index in [4.69, 9.17) is 4.74 Å². The molecule has 1 unspecified atom stereocenters. The number of halogens is 3. The highest BCUT2D eigenvalue weighted by atomic mass is 79.9. The summed E-state index contributed by atoms with van der Waals surface area (Å²) in [5.74, 6) is -0.479. The zero-order valence-electron chi connectivity index (χ0n) is 11.1. The van der Waals surface area contributed by atoms with Crippen LogP contribution in [0.15, 0.2) is 40.9 Å². The van der Waals surface area contributed by atoms with Gasteiger partial charge in [0.2, 0.25) is 0 Å². The van der Waals surface area contributed by atoms with Gasteiger partial charge in [0, 0.05) is 12.1 Å². The summed E-state index contributed by atoms with van der Waals surface area (Å²) in [4.78, 5) is 0. The summed E-state index contributed by atoms with van der Waals surface area (Å²) in [6, 6.07) is 9.60. The first-order valence-corrected chi connectivity index (χ1v) is 6.85. The van der Waals surface area contributed by atoms with Crippen molar-refractivity contribution in [2.45, 2.75) is 13.0 Å². The van der Waals surface area contributed by atoms with Crippen LogP contribution in [0.4, 0.5) is 14.5 Å². The third kappa shape index (κ3) is 3.28. The summed E-state index contributed by atoms with van der Waals surface area (Å²) < 4.78 is 32.2. The molecule has 0 fully saturated rings. The predicted octanol–water partition coefficient (Wildman–Crippen LogP) is 4.91. The second-order valence-electron chi connectivity index (χ2n) is 4.39. The quantitative estimate of drug-likeness (QED) is 0.798. The largest absolute Gasteiger partial charge is 0.497 e. The van der Waals surface area contributed by atoms with Crippen molar-refractivity contribution in [2.75, 3.05) is 12.4 Å². The summed E-state index contributed by atoms with van der Waals surface area (Å²) in [6.45, 7) is 1.90. The first-order chi connectivity index (χ1) is 9.51. The van der Waals surface area contributed by atoms with Gasteiger partial charge in [-0.3, -0.25) is 0 Å². The minimum Gasteiger partial charge on any atom is -0.497 e. The first kappa shape index (κ1) is 14.8. The predicted molar refractivity (Wildman–Crippen MR) is 79.1 cm³/mol. The Morgan fingerprint density at radius 2 is 1.75 bits per heavy atom. The van der Waals surface area contributed by atoms with Crippen LogP contribution in [0, 0.1) is 11.6 Å². The molecule has 2 rings (SSSR count). The summed E-state index contributed by atoms with van der Waals surface area (Å²) in [5, 5.41) is 3.02. The van der Waals surface area contributed by atoms with Crippen molar-refractivity contribution in [1.29, 1.82) is 0 Å². The standard InChI is InChI=1S/C15H14BrF2NO/c1-9(10-3-5-11(20-2)6-4-10)19-15-7-12(16)13(17)8-14(15)18/h3-9,19H,1-2H3. The van der Waals surface area contributed by atoms with E-state index in [2.05, 4.69) is 21.2 Å². The lowest BCUT2D eigenvalue weighted by molar-refractivity contribution is 0.414. The smallest absolute Gasteiger partial charge is 0.149 e. The number of methoxy groups -OCH3 is 1. The van der Waals surface area contributed by atoms with Crippen molar-refractivity contribution in [1.82, 2.24) is 0 Å². The molecule has 1 N–H and O–H groups in total. The highest BCUT2D eigenvalue weighted by Crippen LogP contribution is 2.27. The Balaban J connectivity index is 2.18. The molecule has 0 aliphatic rings. The third-order valence-corrected chi connectivity index (χ3v) is 3.61. The third-order valence-electron chi connectivity index (χ3n) is 3.00. The van der Waals surface area contributed by atoms with E-state index in [1.54, 1.807) is 7.11 Å². The van der Waals surface area contributed by atoms with Crippen molar-refractivity contribution in [3.8, 4) is 5.75 Å². The molecule has 0 bridgehead atoms. The summed E-state index contributed by atoms with van der Waals surface area (Å²) in [6.07, 6.45) is 0. The second-order valence-corrected chi connectivity index (χ2v) is 5.24. The molecule has 5 heteroatoms. The number of nitrogens with one attached hydrogen (secondary N) is 1. The molecule has 0 radical (unpaired) electrons. The molecule has 0 amide bonds. The number of rotatable bonds is 4. The lowest BCUT2D eigenvalue weighted by atomic mass is 10.1. The van der Waals surface area contributed by atoms with Gasteiger partial charge in [0.05, 0.1) is 17.3 Å². The Kier molecular flexibility index (Phi) is 4.60. The molecule has 2 nitrogen and oxygen atoms in total. The lowest BCUT2D eigenvalue weighted by Crippen LogP contribution is -2.08. The Hall–Kier alpha value is -1.62. The maximum atomic E-state index is 13.7. The highest BCUT2D eigenvalue weighted by Gasteiger charge is 2.12. The second kappa shape index (κ2) is 6.22. The Bertz CT molecular complexity index is 602. The zero-order chi connectivity index (χ0) is 14.7. The monoisotopic (exact) mass is 341 g/mol. The average Bonchev–Trinajstić information content (AvgIpc) is 2.44. The maximum absolute atomic E-state index is 13.7. The molecule has 2 aromatic carbocycles. The molecule has 1 atom stereocenters. The van der Waals surface area contributed by atoms with Crippen LogP contribution in [0.1, 0.15) is 18.5 Å². The molecule has 0 aromatic heterocycles. The van der Waals surface area contributed by atoms with Gasteiger partial charge in [0.1, 0.15) is 17.4 Å². The van der Waals surface area contributed by atoms with Crippen LogP contribution >= 0.6 is 15.9 Å². The van der Waals surface area contributed by atoms with Crippen LogP contribution in [-0.4, -0.2) is 7.11 Å². The van der Waals surface area contributed by atoms with E-state index in [1.807, 2.05) is 31.2 Å². The van der Waals surface area contributed by atoms with Crippen LogP contribution in [0.5, 0.6) is 5.75 Å². The molecule has 2 aromatic rings. The molecular weight excluding hydrogens is 328 g/mol. The van der Waals surface area contributed by atoms with Gasteiger partial charge in [-0.2, -0.15) is 0 Å². The van der Waals surface area contributed by atoms with E-state index in [9.17, 15) is 8.78 Å². The minimum atomic E-state index is -0.620. The number of anilines is 1. The van der Waals surface area contributed by atoms with Crippen LogP contribution in [0.25, 0.3) is 0 Å². The normalized spacial score (nSPS) is 12.1. The zero-order valence-corrected chi connectivity index (χ0v) is 12.7. The molecule has 0 aliphatic carbocycles. The molecule has 0 heterocycles. The summed E-state index contributed by atoms with van der Waals surface area (Å²) >= 11 is 3.05. The molecule has 0 aliphatic heterocycles. The van der Waals surface area contributed by atoms with E-state index >= 15 is 0 Å². The van der Waals surface area contributed by atoms with Crippen LogP contribution in [0.3, 0.4) is 0 Å². The molecule has 0 saturated carbocycles. The van der Waals surface area contributed by atoms with E-state index in [1.165, 1.54) is 6.07 Å². The van der Waals surface area contributed by atoms with Gasteiger partial charge in [0.15, 0.2) is 0 Å². The number of benzene rings is 2. The van der Waals surface area contributed by atoms with E-state index < -0.39 is 11.6 Å². The van der Waals surface area contributed by atoms with Crippen LogP contribution in [-0.2, 0) is 0 Å². The van der Waals surface area contributed by atoms with Gasteiger partial charge in [-0.15, -0.1) is 0 Å². The molecule has 20 heavy (non-hydrogen) atoms. The Morgan fingerprint density at radius 3 is 2.35 bits per heavy atom. The van der Waals surface area contributed by atoms with Crippen molar-refractivity contribution in [2.24, 2.45) is 0 Å². The Labute approximate surface area is 124 Å². The van der Waals surface area contributed by atoms with Gasteiger partial charge >= 0.3 is 0 Å². The molecule has 106 valence electrons. The maximum Gasteiger partial charge on any atom is 0.149 e. The van der Waals surface area contributed by atoms with Crippen LogP contribution in [0.2, 0.25) is 0 Å². The Morgan fingerprint density at radius 1 is 1.10 bits per heavy atom. The van der Waals surface area contributed by atoms with Crippen LogP contribution < -0.4 is 10.1 Å². The highest BCUT2D eigenvalue weighted by molar-refractivity contribution is 9.10. The van der Waals surface area contributed by atoms with Gasteiger partial charge in [0.25, 0.3) is 0 Å². The number of hydrogen-bond donors (Lipinski definition) is 1. The molecular formula is C15H14BrF2NO. The molecule has 0 saturated heterocycles. The number of hydrogen-bond acceptors (Lipinski definition) is 2. The summed E-state index contributed by atoms with van der Waals surface area (Å²) in [7, 11) is 1.60. The van der Waals surface area contributed by atoms with E-state index in [-0.39, 0.29) is 16.2 Å². The first-order valence-electron chi connectivity index (χ1n) is 6.06. The van der Waals surface area contributed by atoms with Gasteiger partial charge < -0.3 is 10.1 Å². The molecule has 0 spiro atoms. The van der Waals surface area contributed by atoms with E-state index in [0.29, 0.717) is 0 Å². The average molecular weight is 342 g/mol. The topological polar surface area (TPSA) is 21.3 Å². The van der Waals surface area contributed by atoms with Gasteiger partial charge in [-0.05, 0) is 46.6 Å². The fraction of sp³-hybridized carbons (Fsp3) is 0.200. The lowest BCUT2D eigenvalue weighted by Gasteiger charge is -2.17. The SMILES string of the molecule is COc1ccc(C(C)Nc2cc(Br)c(F)cc2F)cc1. The fourth-order valence-electron chi connectivity index (χ4n) is 1.84. The van der Waals surface area contributed by atoms with Crippen molar-refractivity contribution in [3.05, 3.63) is 58.1 Å². The number of ether oxygens (including phenoxy) is 1.